The first kappa shape index (κ1) is 20.5. The molecule has 2 aromatic heterocycles. The average molecular weight is 424 g/mol. The first-order valence-electron chi connectivity index (χ1n) is 8.41. The van der Waals surface area contributed by atoms with Gasteiger partial charge in [-0.3, -0.25) is 9.48 Å². The van der Waals surface area contributed by atoms with Crippen molar-refractivity contribution in [2.45, 2.75) is 19.6 Å². The van der Waals surface area contributed by atoms with Gasteiger partial charge >= 0.3 is 12.1 Å². The number of benzene rings is 1. The molecule has 29 heavy (non-hydrogen) atoms. The number of alkyl halides is 3. The molecule has 1 aromatic carbocycles. The zero-order chi connectivity index (χ0) is 21.0. The molecule has 11 heteroatoms. The topological polar surface area (TPSA) is 86.1 Å². The zero-order valence-corrected chi connectivity index (χ0v) is 15.9. The van der Waals surface area contributed by atoms with Gasteiger partial charge in [-0.05, 0) is 13.0 Å². The largest absolute Gasteiger partial charge is 0.462 e. The molecular weight excluding hydrogens is 409 g/mol. The molecule has 0 saturated heterocycles. The molecule has 1 N–H and O–H groups in total. The highest BCUT2D eigenvalue weighted by Crippen LogP contribution is 2.32. The third-order valence-electron chi connectivity index (χ3n) is 3.62. The quantitative estimate of drug-likeness (QED) is 0.608. The molecule has 2 heterocycles. The predicted octanol–water partition coefficient (Wildman–Crippen LogP) is 3.84. The summed E-state index contributed by atoms with van der Waals surface area (Å²) in [6.45, 7) is 1.40. The summed E-state index contributed by atoms with van der Waals surface area (Å²) in [5, 5.41) is 5.94. The van der Waals surface area contributed by atoms with E-state index in [0.29, 0.717) is 11.3 Å². The standard InChI is InChI=1S/C18H15F3N4O3S/c1-2-28-16(27)15-14(11-6-4-3-5-7-11)23-17(29-15)22-13(26)10-25-9-8-12(24-25)18(19,20)21/h3-9H,2,10H2,1H3,(H,22,23,26). The average Bonchev–Trinajstić information content (AvgIpc) is 3.29. The van der Waals surface area contributed by atoms with Crippen molar-refractivity contribution >= 4 is 28.3 Å². The number of thiazole rings is 1. The third kappa shape index (κ3) is 4.99. The molecule has 0 atom stereocenters. The van der Waals surface area contributed by atoms with Crippen molar-refractivity contribution < 1.29 is 27.5 Å². The maximum Gasteiger partial charge on any atom is 0.435 e. The Balaban J connectivity index is 1.79. The van der Waals surface area contributed by atoms with Crippen LogP contribution in [0.4, 0.5) is 18.3 Å². The number of esters is 1. The van der Waals surface area contributed by atoms with Crippen LogP contribution in [-0.4, -0.2) is 33.2 Å². The highest BCUT2D eigenvalue weighted by molar-refractivity contribution is 7.18. The Morgan fingerprint density at radius 2 is 1.93 bits per heavy atom. The minimum absolute atomic E-state index is 0.125. The van der Waals surface area contributed by atoms with Crippen LogP contribution < -0.4 is 5.32 Å². The first-order chi connectivity index (χ1) is 13.8. The normalized spacial score (nSPS) is 11.3. The summed E-state index contributed by atoms with van der Waals surface area (Å²) in [5.41, 5.74) is -0.0764. The van der Waals surface area contributed by atoms with E-state index in [0.717, 1.165) is 28.3 Å². The highest BCUT2D eigenvalue weighted by atomic mass is 32.1. The van der Waals surface area contributed by atoms with Gasteiger partial charge in [0.05, 0.1) is 12.3 Å². The van der Waals surface area contributed by atoms with Crippen molar-refractivity contribution in [1.82, 2.24) is 14.8 Å². The fraction of sp³-hybridized carbons (Fsp3) is 0.222. The van der Waals surface area contributed by atoms with E-state index in [-0.39, 0.29) is 16.6 Å². The van der Waals surface area contributed by atoms with Gasteiger partial charge < -0.3 is 10.1 Å². The van der Waals surface area contributed by atoms with Crippen LogP contribution >= 0.6 is 11.3 Å². The van der Waals surface area contributed by atoms with Crippen molar-refractivity contribution in [3.05, 3.63) is 53.2 Å². The Morgan fingerprint density at radius 3 is 2.55 bits per heavy atom. The summed E-state index contributed by atoms with van der Waals surface area (Å²) in [6, 6.07) is 9.65. The summed E-state index contributed by atoms with van der Waals surface area (Å²) in [4.78, 5) is 28.9. The predicted molar refractivity (Wildman–Crippen MR) is 99.4 cm³/mol. The van der Waals surface area contributed by atoms with Crippen molar-refractivity contribution in [2.24, 2.45) is 0 Å². The van der Waals surface area contributed by atoms with Gasteiger partial charge in [-0.15, -0.1) is 0 Å². The molecule has 0 fully saturated rings. The summed E-state index contributed by atoms with van der Waals surface area (Å²) < 4.78 is 43.7. The molecule has 0 aliphatic rings. The van der Waals surface area contributed by atoms with Crippen molar-refractivity contribution in [3.8, 4) is 11.3 Å². The second-order valence-corrected chi connectivity index (χ2v) is 6.73. The zero-order valence-electron chi connectivity index (χ0n) is 15.1. The molecule has 0 spiro atoms. The molecule has 3 rings (SSSR count). The molecule has 1 amide bonds. The van der Waals surface area contributed by atoms with E-state index >= 15 is 0 Å². The number of halogens is 3. The van der Waals surface area contributed by atoms with E-state index in [1.54, 1.807) is 31.2 Å². The van der Waals surface area contributed by atoms with E-state index in [2.05, 4.69) is 15.4 Å². The number of hydrogen-bond donors (Lipinski definition) is 1. The summed E-state index contributed by atoms with van der Waals surface area (Å²) >= 11 is 0.923. The fourth-order valence-electron chi connectivity index (χ4n) is 2.41. The Kier molecular flexibility index (Phi) is 5.97. The molecule has 0 radical (unpaired) electrons. The highest BCUT2D eigenvalue weighted by Gasteiger charge is 2.33. The monoisotopic (exact) mass is 424 g/mol. The minimum Gasteiger partial charge on any atom is -0.462 e. The van der Waals surface area contributed by atoms with E-state index < -0.39 is 30.3 Å². The van der Waals surface area contributed by atoms with Crippen LogP contribution in [0.3, 0.4) is 0 Å². The number of aromatic nitrogens is 3. The lowest BCUT2D eigenvalue weighted by Crippen LogP contribution is -2.19. The molecule has 0 aliphatic heterocycles. The number of hydrogen-bond acceptors (Lipinski definition) is 6. The van der Waals surface area contributed by atoms with Crippen molar-refractivity contribution in [2.75, 3.05) is 11.9 Å². The van der Waals surface area contributed by atoms with Crippen LogP contribution in [0.2, 0.25) is 0 Å². The van der Waals surface area contributed by atoms with Gasteiger partial charge in [0.15, 0.2) is 10.8 Å². The SMILES string of the molecule is CCOC(=O)c1sc(NC(=O)Cn2ccc(C(F)(F)F)n2)nc1-c1ccccc1. The lowest BCUT2D eigenvalue weighted by molar-refractivity contribution is -0.141. The molecule has 0 unspecified atom stereocenters. The lowest BCUT2D eigenvalue weighted by Gasteiger charge is -2.03. The second-order valence-electron chi connectivity index (χ2n) is 5.73. The molecule has 7 nitrogen and oxygen atoms in total. The van der Waals surface area contributed by atoms with Crippen LogP contribution in [0.25, 0.3) is 11.3 Å². The summed E-state index contributed by atoms with van der Waals surface area (Å²) in [6.07, 6.45) is -3.53. The van der Waals surface area contributed by atoms with Gasteiger partial charge in [-0.1, -0.05) is 41.7 Å². The number of carbonyl (C=O) groups is 2. The van der Waals surface area contributed by atoms with E-state index in [9.17, 15) is 22.8 Å². The van der Waals surface area contributed by atoms with Crippen LogP contribution in [0, 0.1) is 0 Å². The summed E-state index contributed by atoms with van der Waals surface area (Å²) in [7, 11) is 0. The van der Waals surface area contributed by atoms with E-state index in [1.165, 1.54) is 0 Å². The molecule has 0 aliphatic carbocycles. The molecular formula is C18H15F3N4O3S. The number of amides is 1. The van der Waals surface area contributed by atoms with Crippen molar-refractivity contribution in [3.63, 3.8) is 0 Å². The number of rotatable bonds is 6. The van der Waals surface area contributed by atoms with Gasteiger partial charge in [0.25, 0.3) is 0 Å². The van der Waals surface area contributed by atoms with Gasteiger partial charge in [0, 0.05) is 11.8 Å². The number of ether oxygens (including phenoxy) is 1. The lowest BCUT2D eigenvalue weighted by atomic mass is 10.1. The Morgan fingerprint density at radius 1 is 1.21 bits per heavy atom. The Labute approximate surface area is 167 Å². The maximum atomic E-state index is 12.6. The number of anilines is 1. The Bertz CT molecular complexity index is 1020. The second kappa shape index (κ2) is 8.43. The molecule has 152 valence electrons. The van der Waals surface area contributed by atoms with Gasteiger partial charge in [0.1, 0.15) is 11.4 Å². The van der Waals surface area contributed by atoms with Crippen LogP contribution in [-0.2, 0) is 22.3 Å². The smallest absolute Gasteiger partial charge is 0.435 e. The van der Waals surface area contributed by atoms with E-state index in [1.807, 2.05) is 6.07 Å². The number of nitrogens with zero attached hydrogens (tertiary/aromatic N) is 3. The van der Waals surface area contributed by atoms with E-state index in [4.69, 9.17) is 4.74 Å². The summed E-state index contributed by atoms with van der Waals surface area (Å²) in [5.74, 6) is -1.21. The molecule has 0 bridgehead atoms. The van der Waals surface area contributed by atoms with Gasteiger partial charge in [-0.25, -0.2) is 9.78 Å². The van der Waals surface area contributed by atoms with Gasteiger partial charge in [0.2, 0.25) is 5.91 Å². The fourth-order valence-corrected chi connectivity index (χ4v) is 3.30. The molecule has 3 aromatic rings. The van der Waals surface area contributed by atoms with Crippen molar-refractivity contribution in [1.29, 1.82) is 0 Å². The number of nitrogens with one attached hydrogen (secondary N) is 1. The molecule has 0 saturated carbocycles. The number of carbonyl (C=O) groups excluding carboxylic acids is 2. The first-order valence-corrected chi connectivity index (χ1v) is 9.23. The van der Waals surface area contributed by atoms with Crippen LogP contribution in [0.1, 0.15) is 22.3 Å². The van der Waals surface area contributed by atoms with Gasteiger partial charge in [-0.2, -0.15) is 18.3 Å². The van der Waals surface area contributed by atoms with Crippen LogP contribution in [0.5, 0.6) is 0 Å². The maximum absolute atomic E-state index is 12.6. The minimum atomic E-state index is -4.59. The Hall–Kier alpha value is -3.21. The van der Waals surface area contributed by atoms with Crippen LogP contribution in [0.15, 0.2) is 42.6 Å². The third-order valence-corrected chi connectivity index (χ3v) is 4.57.